The lowest BCUT2D eigenvalue weighted by molar-refractivity contribution is 0.0600. The maximum absolute atomic E-state index is 11.5. The van der Waals surface area contributed by atoms with Crippen molar-refractivity contribution in [1.29, 1.82) is 0 Å². The Hall–Kier alpha value is -1.51. The predicted molar refractivity (Wildman–Crippen MR) is 81.5 cm³/mol. The third-order valence-electron chi connectivity index (χ3n) is 3.68. The van der Waals surface area contributed by atoms with Gasteiger partial charge in [0.25, 0.3) is 0 Å². The summed E-state index contributed by atoms with van der Waals surface area (Å²) in [6.45, 7) is 4.43. The Balaban J connectivity index is 2.76. The Labute approximate surface area is 122 Å². The van der Waals surface area contributed by atoms with Crippen LogP contribution < -0.4 is 4.74 Å². The molecule has 1 unspecified atom stereocenters. The van der Waals surface area contributed by atoms with Crippen LogP contribution in [0, 0.1) is 0 Å². The van der Waals surface area contributed by atoms with E-state index in [0.717, 1.165) is 17.7 Å². The van der Waals surface area contributed by atoms with Gasteiger partial charge in [-0.05, 0) is 30.0 Å². The number of ether oxygens (including phenoxy) is 2. The van der Waals surface area contributed by atoms with Gasteiger partial charge < -0.3 is 9.47 Å². The van der Waals surface area contributed by atoms with E-state index in [1.807, 2.05) is 12.1 Å². The van der Waals surface area contributed by atoms with Gasteiger partial charge in [-0.15, -0.1) is 0 Å². The minimum atomic E-state index is -0.328. The first kappa shape index (κ1) is 16.5. The summed E-state index contributed by atoms with van der Waals surface area (Å²) in [6, 6.07) is 5.56. The molecule has 1 rings (SSSR count). The second kappa shape index (κ2) is 8.62. The van der Waals surface area contributed by atoms with Crippen LogP contribution in [-0.2, 0) is 4.74 Å². The minimum Gasteiger partial charge on any atom is -0.496 e. The van der Waals surface area contributed by atoms with Crippen LogP contribution in [0.15, 0.2) is 18.2 Å². The number of hydrogen-bond acceptors (Lipinski definition) is 3. The molecule has 0 aliphatic heterocycles. The molecule has 0 radical (unpaired) electrons. The monoisotopic (exact) mass is 278 g/mol. The molecule has 0 heterocycles. The van der Waals surface area contributed by atoms with Crippen LogP contribution in [0.3, 0.4) is 0 Å². The number of unbranched alkanes of at least 4 members (excludes halogenated alkanes) is 3. The first-order chi connectivity index (χ1) is 9.63. The first-order valence-corrected chi connectivity index (χ1v) is 7.40. The molecule has 0 amide bonds. The lowest BCUT2D eigenvalue weighted by atomic mass is 9.93. The second-order valence-electron chi connectivity index (χ2n) is 5.20. The van der Waals surface area contributed by atoms with Crippen molar-refractivity contribution in [3.63, 3.8) is 0 Å². The van der Waals surface area contributed by atoms with Gasteiger partial charge in [0, 0.05) is 0 Å². The van der Waals surface area contributed by atoms with E-state index < -0.39 is 0 Å². The highest BCUT2D eigenvalue weighted by Gasteiger charge is 2.14. The van der Waals surface area contributed by atoms with Crippen molar-refractivity contribution in [3.05, 3.63) is 29.3 Å². The van der Waals surface area contributed by atoms with Crippen molar-refractivity contribution in [2.24, 2.45) is 0 Å². The first-order valence-electron chi connectivity index (χ1n) is 7.40. The van der Waals surface area contributed by atoms with Crippen molar-refractivity contribution in [3.8, 4) is 5.75 Å². The summed E-state index contributed by atoms with van der Waals surface area (Å²) in [5.41, 5.74) is 1.70. The van der Waals surface area contributed by atoms with Crippen molar-refractivity contribution < 1.29 is 14.3 Å². The van der Waals surface area contributed by atoms with Gasteiger partial charge in [0.15, 0.2) is 0 Å². The third-order valence-corrected chi connectivity index (χ3v) is 3.68. The Bertz CT molecular complexity index is 426. The fourth-order valence-electron chi connectivity index (χ4n) is 2.40. The van der Waals surface area contributed by atoms with Gasteiger partial charge in [-0.1, -0.05) is 45.6 Å². The Morgan fingerprint density at radius 1 is 1.20 bits per heavy atom. The maximum atomic E-state index is 11.5. The molecule has 0 N–H and O–H groups in total. The third kappa shape index (κ3) is 4.55. The largest absolute Gasteiger partial charge is 0.496 e. The zero-order chi connectivity index (χ0) is 15.0. The summed E-state index contributed by atoms with van der Waals surface area (Å²) in [6.07, 6.45) is 6.21. The van der Waals surface area contributed by atoms with Gasteiger partial charge in [0.1, 0.15) is 5.75 Å². The van der Waals surface area contributed by atoms with Gasteiger partial charge in [0.05, 0.1) is 19.8 Å². The molecular formula is C17H26O3. The molecule has 0 saturated carbocycles. The number of carbonyl (C=O) groups excluding carboxylic acids is 1. The van der Waals surface area contributed by atoms with E-state index in [-0.39, 0.29) is 5.97 Å². The van der Waals surface area contributed by atoms with Gasteiger partial charge >= 0.3 is 5.97 Å². The van der Waals surface area contributed by atoms with E-state index in [1.165, 1.54) is 32.8 Å². The van der Waals surface area contributed by atoms with Gasteiger partial charge in [-0.2, -0.15) is 0 Å². The molecule has 0 bridgehead atoms. The summed E-state index contributed by atoms with van der Waals surface area (Å²) in [5, 5.41) is 0. The number of carbonyl (C=O) groups is 1. The Kier molecular flexibility index (Phi) is 7.13. The maximum Gasteiger partial charge on any atom is 0.337 e. The molecule has 0 aromatic heterocycles. The Morgan fingerprint density at radius 3 is 2.55 bits per heavy atom. The van der Waals surface area contributed by atoms with Crippen LogP contribution in [0.4, 0.5) is 0 Å². The molecule has 3 heteroatoms. The van der Waals surface area contributed by atoms with E-state index in [4.69, 9.17) is 9.47 Å². The van der Waals surface area contributed by atoms with Crippen molar-refractivity contribution in [1.82, 2.24) is 0 Å². The van der Waals surface area contributed by atoms with E-state index in [9.17, 15) is 4.79 Å². The number of methoxy groups -OCH3 is 2. The van der Waals surface area contributed by atoms with Crippen LogP contribution >= 0.6 is 0 Å². The topological polar surface area (TPSA) is 35.5 Å². The molecule has 0 fully saturated rings. The summed E-state index contributed by atoms with van der Waals surface area (Å²) in [7, 11) is 3.03. The quantitative estimate of drug-likeness (QED) is 0.516. The van der Waals surface area contributed by atoms with E-state index >= 15 is 0 Å². The number of benzene rings is 1. The van der Waals surface area contributed by atoms with Crippen molar-refractivity contribution in [2.75, 3.05) is 14.2 Å². The molecule has 0 spiro atoms. The minimum absolute atomic E-state index is 0.328. The van der Waals surface area contributed by atoms with Gasteiger partial charge in [0.2, 0.25) is 0 Å². The van der Waals surface area contributed by atoms with Crippen molar-refractivity contribution >= 4 is 5.97 Å². The zero-order valence-corrected chi connectivity index (χ0v) is 13.1. The fraction of sp³-hybridized carbons (Fsp3) is 0.588. The molecule has 0 aliphatic carbocycles. The average Bonchev–Trinajstić information content (AvgIpc) is 2.49. The number of rotatable bonds is 8. The lowest BCUT2D eigenvalue weighted by Crippen LogP contribution is -2.04. The molecule has 1 atom stereocenters. The molecule has 0 aliphatic rings. The highest BCUT2D eigenvalue weighted by molar-refractivity contribution is 5.89. The molecule has 0 saturated heterocycles. The van der Waals surface area contributed by atoms with E-state index in [2.05, 4.69) is 13.8 Å². The summed E-state index contributed by atoms with van der Waals surface area (Å²) >= 11 is 0. The number of hydrogen-bond donors (Lipinski definition) is 0. The molecular weight excluding hydrogens is 252 g/mol. The van der Waals surface area contributed by atoms with Crippen LogP contribution in [0.5, 0.6) is 5.75 Å². The van der Waals surface area contributed by atoms with Crippen LogP contribution in [0.2, 0.25) is 0 Å². The van der Waals surface area contributed by atoms with Crippen LogP contribution in [0.1, 0.15) is 67.8 Å². The van der Waals surface area contributed by atoms with E-state index in [0.29, 0.717) is 11.5 Å². The molecule has 1 aromatic rings. The van der Waals surface area contributed by atoms with Crippen molar-refractivity contribution in [2.45, 2.75) is 51.9 Å². The van der Waals surface area contributed by atoms with E-state index in [1.54, 1.807) is 13.2 Å². The summed E-state index contributed by atoms with van der Waals surface area (Å²) < 4.78 is 10.2. The van der Waals surface area contributed by atoms with Crippen LogP contribution in [-0.4, -0.2) is 20.2 Å². The predicted octanol–water partition coefficient (Wildman–Crippen LogP) is 4.56. The fourth-order valence-corrected chi connectivity index (χ4v) is 2.40. The molecule has 1 aromatic carbocycles. The molecule has 20 heavy (non-hydrogen) atoms. The summed E-state index contributed by atoms with van der Waals surface area (Å²) in [4.78, 5) is 11.5. The molecule has 112 valence electrons. The van der Waals surface area contributed by atoms with Gasteiger partial charge in [-0.25, -0.2) is 4.79 Å². The summed E-state index contributed by atoms with van der Waals surface area (Å²) in [5.74, 6) is 0.884. The number of esters is 1. The smallest absolute Gasteiger partial charge is 0.337 e. The van der Waals surface area contributed by atoms with Gasteiger partial charge in [-0.3, -0.25) is 0 Å². The Morgan fingerprint density at radius 2 is 1.95 bits per heavy atom. The molecule has 3 nitrogen and oxygen atoms in total. The lowest BCUT2D eigenvalue weighted by Gasteiger charge is -2.16. The average molecular weight is 278 g/mol. The normalized spacial score (nSPS) is 12.0. The SMILES string of the molecule is CCCCCCC(C)c1ccc(C(=O)OC)cc1OC. The second-order valence-corrected chi connectivity index (χ2v) is 5.20. The highest BCUT2D eigenvalue weighted by Crippen LogP contribution is 2.31. The highest BCUT2D eigenvalue weighted by atomic mass is 16.5. The zero-order valence-electron chi connectivity index (χ0n) is 13.1. The standard InChI is InChI=1S/C17H26O3/c1-5-6-7-8-9-13(2)15-11-10-14(17(18)20-4)12-16(15)19-3/h10-13H,5-9H2,1-4H3. The van der Waals surface area contributed by atoms with Crippen LogP contribution in [0.25, 0.3) is 0 Å².